The number of rotatable bonds is 6. The van der Waals surface area contributed by atoms with Crippen LogP contribution in [-0.2, 0) is 19.4 Å². The van der Waals surface area contributed by atoms with E-state index in [1.54, 1.807) is 22.2 Å². The van der Waals surface area contributed by atoms with Crippen LogP contribution in [0.2, 0.25) is 0 Å². The van der Waals surface area contributed by atoms with Gasteiger partial charge in [-0.25, -0.2) is 4.98 Å². The van der Waals surface area contributed by atoms with Crippen molar-refractivity contribution < 1.29 is 0 Å². The van der Waals surface area contributed by atoms with Crippen molar-refractivity contribution in [2.24, 2.45) is 5.92 Å². The highest BCUT2D eigenvalue weighted by Crippen LogP contribution is 2.33. The van der Waals surface area contributed by atoms with E-state index in [0.717, 1.165) is 55.4 Å². The van der Waals surface area contributed by atoms with Crippen LogP contribution in [-0.4, -0.2) is 22.1 Å². The lowest BCUT2D eigenvalue weighted by Gasteiger charge is -2.24. The van der Waals surface area contributed by atoms with Gasteiger partial charge in [0.25, 0.3) is 5.56 Å². The van der Waals surface area contributed by atoms with Gasteiger partial charge in [0.2, 0.25) is 0 Å². The standard InChI is InChI=1S/C18H27N3OS/c1-4-5-8-21-11-20-17-16(18(21)22)14-7-6-13(9-15(14)23-17)19-10-12(2)3/h11-13,19H,4-10H2,1-3H3. The van der Waals surface area contributed by atoms with Crippen LogP contribution in [0.3, 0.4) is 0 Å². The molecule has 4 nitrogen and oxygen atoms in total. The Labute approximate surface area is 141 Å². The highest BCUT2D eigenvalue weighted by Gasteiger charge is 2.25. The molecule has 5 heteroatoms. The SMILES string of the molecule is CCCCn1cnc2sc3c(c2c1=O)CCC(NCC(C)C)C3. The zero-order chi connectivity index (χ0) is 16.4. The molecule has 23 heavy (non-hydrogen) atoms. The van der Waals surface area contributed by atoms with Crippen molar-refractivity contribution in [1.82, 2.24) is 14.9 Å². The molecular weight excluding hydrogens is 306 g/mol. The van der Waals surface area contributed by atoms with Crippen LogP contribution >= 0.6 is 11.3 Å². The Bertz CT molecular complexity index is 732. The molecule has 2 aromatic heterocycles. The molecule has 1 N–H and O–H groups in total. The minimum absolute atomic E-state index is 0.162. The Hall–Kier alpha value is -1.20. The fourth-order valence-corrected chi connectivity index (χ4v) is 4.52. The van der Waals surface area contributed by atoms with Crippen molar-refractivity contribution in [2.45, 2.75) is 65.5 Å². The number of nitrogens with zero attached hydrogens (tertiary/aromatic N) is 2. The number of fused-ring (bicyclic) bond motifs is 3. The molecule has 0 saturated heterocycles. The summed E-state index contributed by atoms with van der Waals surface area (Å²) in [6.45, 7) is 8.47. The number of thiophene rings is 1. The third-order valence-electron chi connectivity index (χ3n) is 4.60. The number of aromatic nitrogens is 2. The highest BCUT2D eigenvalue weighted by atomic mass is 32.1. The number of unbranched alkanes of at least 4 members (excludes halogenated alkanes) is 1. The molecule has 1 aliphatic carbocycles. The number of nitrogens with one attached hydrogen (secondary N) is 1. The molecule has 126 valence electrons. The first kappa shape index (κ1) is 16.7. The second-order valence-electron chi connectivity index (χ2n) is 7.02. The smallest absolute Gasteiger partial charge is 0.262 e. The average molecular weight is 334 g/mol. The topological polar surface area (TPSA) is 46.9 Å². The number of hydrogen-bond acceptors (Lipinski definition) is 4. The summed E-state index contributed by atoms with van der Waals surface area (Å²) in [4.78, 5) is 19.6. The Kier molecular flexibility index (Phi) is 5.17. The van der Waals surface area contributed by atoms with Gasteiger partial charge in [0.15, 0.2) is 0 Å². The Morgan fingerprint density at radius 2 is 2.30 bits per heavy atom. The van der Waals surface area contributed by atoms with Crippen LogP contribution in [0.15, 0.2) is 11.1 Å². The lowest BCUT2D eigenvalue weighted by Crippen LogP contribution is -2.36. The quantitative estimate of drug-likeness (QED) is 0.882. The van der Waals surface area contributed by atoms with E-state index in [0.29, 0.717) is 12.0 Å². The predicted molar refractivity (Wildman–Crippen MR) is 97.4 cm³/mol. The largest absolute Gasteiger partial charge is 0.313 e. The predicted octanol–water partition coefficient (Wildman–Crippen LogP) is 3.36. The lowest BCUT2D eigenvalue weighted by molar-refractivity contribution is 0.428. The molecule has 0 amide bonds. The molecule has 0 bridgehead atoms. The summed E-state index contributed by atoms with van der Waals surface area (Å²) >= 11 is 1.72. The van der Waals surface area contributed by atoms with Gasteiger partial charge in [-0.3, -0.25) is 9.36 Å². The summed E-state index contributed by atoms with van der Waals surface area (Å²) in [5, 5.41) is 4.56. The molecule has 0 aliphatic heterocycles. The first-order valence-corrected chi connectivity index (χ1v) is 9.64. The third kappa shape index (κ3) is 3.50. The maximum absolute atomic E-state index is 12.8. The summed E-state index contributed by atoms with van der Waals surface area (Å²) in [5.74, 6) is 0.672. The fourth-order valence-electron chi connectivity index (χ4n) is 3.27. The zero-order valence-corrected chi connectivity index (χ0v) is 15.2. The minimum atomic E-state index is 0.162. The molecule has 0 radical (unpaired) electrons. The van der Waals surface area contributed by atoms with Crippen molar-refractivity contribution >= 4 is 21.6 Å². The van der Waals surface area contributed by atoms with E-state index in [-0.39, 0.29) is 5.56 Å². The maximum Gasteiger partial charge on any atom is 0.262 e. The first-order chi connectivity index (χ1) is 11.1. The minimum Gasteiger partial charge on any atom is -0.313 e. The van der Waals surface area contributed by atoms with Gasteiger partial charge in [-0.2, -0.15) is 0 Å². The van der Waals surface area contributed by atoms with Gasteiger partial charge in [-0.05, 0) is 43.7 Å². The van der Waals surface area contributed by atoms with Gasteiger partial charge < -0.3 is 5.32 Å². The first-order valence-electron chi connectivity index (χ1n) is 8.83. The lowest BCUT2D eigenvalue weighted by atomic mass is 9.93. The van der Waals surface area contributed by atoms with Gasteiger partial charge >= 0.3 is 0 Å². The van der Waals surface area contributed by atoms with Crippen molar-refractivity contribution in [3.8, 4) is 0 Å². The molecule has 0 aromatic carbocycles. The molecule has 1 atom stereocenters. The second-order valence-corrected chi connectivity index (χ2v) is 8.11. The van der Waals surface area contributed by atoms with Crippen molar-refractivity contribution in [3.63, 3.8) is 0 Å². The normalized spacial score (nSPS) is 17.8. The van der Waals surface area contributed by atoms with E-state index < -0.39 is 0 Å². The fraction of sp³-hybridized carbons (Fsp3) is 0.667. The summed E-state index contributed by atoms with van der Waals surface area (Å²) in [6, 6.07) is 0.542. The Balaban J connectivity index is 1.87. The van der Waals surface area contributed by atoms with Crippen LogP contribution in [0.25, 0.3) is 10.2 Å². The second kappa shape index (κ2) is 7.14. The molecule has 1 aliphatic rings. The van der Waals surface area contributed by atoms with E-state index in [1.807, 2.05) is 0 Å². The van der Waals surface area contributed by atoms with E-state index >= 15 is 0 Å². The van der Waals surface area contributed by atoms with E-state index in [2.05, 4.69) is 31.1 Å². The highest BCUT2D eigenvalue weighted by molar-refractivity contribution is 7.18. The van der Waals surface area contributed by atoms with Gasteiger partial charge in [0.1, 0.15) is 4.83 Å². The molecule has 2 heterocycles. The molecule has 0 spiro atoms. The van der Waals surface area contributed by atoms with Crippen LogP contribution in [0.4, 0.5) is 0 Å². The molecular formula is C18H27N3OS. The Morgan fingerprint density at radius 1 is 1.48 bits per heavy atom. The van der Waals surface area contributed by atoms with E-state index in [9.17, 15) is 4.79 Å². The van der Waals surface area contributed by atoms with Gasteiger partial charge in [0.05, 0.1) is 11.7 Å². The van der Waals surface area contributed by atoms with Crippen LogP contribution in [0, 0.1) is 5.92 Å². The molecule has 1 unspecified atom stereocenters. The van der Waals surface area contributed by atoms with Gasteiger partial charge in [0, 0.05) is 17.5 Å². The van der Waals surface area contributed by atoms with Crippen molar-refractivity contribution in [2.75, 3.05) is 6.54 Å². The Morgan fingerprint density at radius 3 is 3.04 bits per heavy atom. The number of aryl methyl sites for hydroxylation is 2. The summed E-state index contributed by atoms with van der Waals surface area (Å²) < 4.78 is 1.79. The zero-order valence-electron chi connectivity index (χ0n) is 14.4. The summed E-state index contributed by atoms with van der Waals surface area (Å²) in [5.41, 5.74) is 1.44. The van der Waals surface area contributed by atoms with E-state index in [4.69, 9.17) is 0 Å². The molecule has 3 rings (SSSR count). The molecule has 0 saturated carbocycles. The monoisotopic (exact) mass is 333 g/mol. The molecule has 0 fully saturated rings. The van der Waals surface area contributed by atoms with Crippen molar-refractivity contribution in [3.05, 3.63) is 27.1 Å². The van der Waals surface area contributed by atoms with Crippen LogP contribution in [0.1, 0.15) is 50.5 Å². The molecule has 2 aromatic rings. The van der Waals surface area contributed by atoms with Gasteiger partial charge in [-0.15, -0.1) is 11.3 Å². The van der Waals surface area contributed by atoms with Gasteiger partial charge in [-0.1, -0.05) is 27.2 Å². The number of hydrogen-bond donors (Lipinski definition) is 1. The van der Waals surface area contributed by atoms with Crippen LogP contribution in [0.5, 0.6) is 0 Å². The van der Waals surface area contributed by atoms with Crippen LogP contribution < -0.4 is 10.9 Å². The van der Waals surface area contributed by atoms with E-state index in [1.165, 1.54) is 10.4 Å². The third-order valence-corrected chi connectivity index (χ3v) is 5.77. The average Bonchev–Trinajstić information content (AvgIpc) is 2.90. The maximum atomic E-state index is 12.8. The van der Waals surface area contributed by atoms with Crippen molar-refractivity contribution in [1.29, 1.82) is 0 Å². The summed E-state index contributed by atoms with van der Waals surface area (Å²) in [6.07, 6.45) is 7.01. The summed E-state index contributed by atoms with van der Waals surface area (Å²) in [7, 11) is 0.